The summed E-state index contributed by atoms with van der Waals surface area (Å²) in [5.74, 6) is 0.902. The van der Waals surface area contributed by atoms with Crippen LogP contribution in [0.1, 0.15) is 45.3 Å². The van der Waals surface area contributed by atoms with Gasteiger partial charge in [-0.3, -0.25) is 9.67 Å². The first kappa shape index (κ1) is 23.2. The Hall–Kier alpha value is -0.870. The molecule has 26 heavy (non-hydrogen) atoms. The summed E-state index contributed by atoms with van der Waals surface area (Å²) >= 11 is 0. The number of nitrogens with zero attached hydrogens (tertiary/aromatic N) is 4. The first-order valence-electron chi connectivity index (χ1n) is 9.31. The van der Waals surface area contributed by atoms with E-state index in [2.05, 4.69) is 36.1 Å². The van der Waals surface area contributed by atoms with E-state index in [1.807, 2.05) is 19.4 Å². The van der Waals surface area contributed by atoms with Gasteiger partial charge in [-0.1, -0.05) is 13.8 Å². The summed E-state index contributed by atoms with van der Waals surface area (Å²) in [7, 11) is 1.92. The molecule has 2 rings (SSSR count). The first-order valence-corrected chi connectivity index (χ1v) is 9.31. The van der Waals surface area contributed by atoms with Crippen LogP contribution in [0, 0.1) is 5.41 Å². The number of morpholine rings is 1. The molecule has 1 aliphatic rings. The topological polar surface area (TPSA) is 74.9 Å². The molecule has 0 radical (unpaired) electrons. The Morgan fingerprint density at radius 1 is 1.42 bits per heavy atom. The van der Waals surface area contributed by atoms with E-state index in [4.69, 9.17) is 9.73 Å². The van der Waals surface area contributed by atoms with Crippen LogP contribution in [0.15, 0.2) is 17.4 Å². The Balaban J connectivity index is 0.00000338. The Morgan fingerprint density at radius 3 is 2.69 bits per heavy atom. The summed E-state index contributed by atoms with van der Waals surface area (Å²) in [5.41, 5.74) is 0.963. The van der Waals surface area contributed by atoms with Gasteiger partial charge in [0.2, 0.25) is 0 Å². The minimum Gasteiger partial charge on any atom is -0.396 e. The number of aromatic nitrogens is 2. The predicted molar refractivity (Wildman–Crippen MR) is 115 cm³/mol. The van der Waals surface area contributed by atoms with Crippen LogP contribution in [0.2, 0.25) is 0 Å². The minimum absolute atomic E-state index is 0. The molecule has 1 aliphatic heterocycles. The van der Waals surface area contributed by atoms with Crippen LogP contribution in [0.5, 0.6) is 0 Å². The number of aliphatic hydroxyl groups is 1. The third kappa shape index (κ3) is 5.82. The van der Waals surface area contributed by atoms with E-state index in [1.165, 1.54) is 0 Å². The highest BCUT2D eigenvalue weighted by Crippen LogP contribution is 2.26. The van der Waals surface area contributed by atoms with E-state index in [-0.39, 0.29) is 42.1 Å². The molecule has 1 fully saturated rings. The molecule has 1 atom stereocenters. The fraction of sp³-hybridized carbons (Fsp3) is 0.778. The Labute approximate surface area is 174 Å². The van der Waals surface area contributed by atoms with Gasteiger partial charge in [-0.2, -0.15) is 5.10 Å². The lowest BCUT2D eigenvalue weighted by atomic mass is 9.83. The first-order chi connectivity index (χ1) is 12.1. The summed E-state index contributed by atoms with van der Waals surface area (Å²) < 4.78 is 7.73. The molecule has 150 valence electrons. The number of rotatable bonds is 7. The molecule has 0 aromatic carbocycles. The molecule has 7 nitrogen and oxygen atoms in total. The zero-order valence-corrected chi connectivity index (χ0v) is 18.8. The molecule has 8 heteroatoms. The summed E-state index contributed by atoms with van der Waals surface area (Å²) in [6.07, 6.45) is 5.72. The van der Waals surface area contributed by atoms with Crippen molar-refractivity contribution in [1.29, 1.82) is 0 Å². The van der Waals surface area contributed by atoms with Gasteiger partial charge in [0.25, 0.3) is 0 Å². The number of hydrogen-bond donors (Lipinski definition) is 2. The maximum absolute atomic E-state index is 9.79. The standard InChI is InChI=1S/C18H33N5O2.HI/c1-5-18(6-2,14-24)13-20-17(19-7-3)23-8-9-25-16(12-23)15-10-21-22(4)11-15;/h10-11,16,24H,5-9,12-14H2,1-4H3,(H,19,20);1H. The number of halogens is 1. The van der Waals surface area contributed by atoms with Crippen molar-refractivity contribution in [3.05, 3.63) is 18.0 Å². The number of nitrogens with one attached hydrogen (secondary N) is 1. The number of aryl methyl sites for hydroxylation is 1. The lowest BCUT2D eigenvalue weighted by molar-refractivity contribution is -0.00818. The molecule has 2 N–H and O–H groups in total. The Kier molecular flexibility index (Phi) is 9.88. The monoisotopic (exact) mass is 479 g/mol. The number of aliphatic hydroxyl groups excluding tert-OH is 1. The largest absolute Gasteiger partial charge is 0.396 e. The molecule has 1 unspecified atom stereocenters. The number of hydrogen-bond acceptors (Lipinski definition) is 4. The third-order valence-electron chi connectivity index (χ3n) is 5.20. The zero-order valence-electron chi connectivity index (χ0n) is 16.4. The molecular weight excluding hydrogens is 445 g/mol. The fourth-order valence-corrected chi connectivity index (χ4v) is 3.07. The van der Waals surface area contributed by atoms with Crippen molar-refractivity contribution in [3.63, 3.8) is 0 Å². The maximum Gasteiger partial charge on any atom is 0.194 e. The average molecular weight is 479 g/mol. The van der Waals surface area contributed by atoms with Crippen LogP contribution < -0.4 is 5.32 Å². The normalized spacial score (nSPS) is 18.6. The summed E-state index contributed by atoms with van der Waals surface area (Å²) in [6.45, 7) is 10.2. The van der Waals surface area contributed by atoms with Crippen LogP contribution >= 0.6 is 24.0 Å². The van der Waals surface area contributed by atoms with Crippen LogP contribution in [0.25, 0.3) is 0 Å². The van der Waals surface area contributed by atoms with E-state index in [0.717, 1.165) is 44.0 Å². The van der Waals surface area contributed by atoms with E-state index < -0.39 is 0 Å². The molecule has 0 bridgehead atoms. The molecule has 1 aromatic heterocycles. The minimum atomic E-state index is -0.129. The Morgan fingerprint density at radius 2 is 2.15 bits per heavy atom. The molecule has 1 saturated heterocycles. The van der Waals surface area contributed by atoms with Crippen molar-refractivity contribution < 1.29 is 9.84 Å². The van der Waals surface area contributed by atoms with Crippen molar-refractivity contribution in [3.8, 4) is 0 Å². The van der Waals surface area contributed by atoms with Crippen molar-refractivity contribution >= 4 is 29.9 Å². The summed E-state index contributed by atoms with van der Waals surface area (Å²) in [4.78, 5) is 7.10. The smallest absolute Gasteiger partial charge is 0.194 e. The summed E-state index contributed by atoms with van der Waals surface area (Å²) in [6, 6.07) is 0. The van der Waals surface area contributed by atoms with E-state index in [9.17, 15) is 5.11 Å². The lowest BCUT2D eigenvalue weighted by Crippen LogP contribution is -2.48. The highest BCUT2D eigenvalue weighted by Gasteiger charge is 2.28. The van der Waals surface area contributed by atoms with Gasteiger partial charge >= 0.3 is 0 Å². The molecule has 0 saturated carbocycles. The van der Waals surface area contributed by atoms with Crippen molar-refractivity contribution in [2.75, 3.05) is 39.4 Å². The van der Waals surface area contributed by atoms with Crippen molar-refractivity contribution in [1.82, 2.24) is 20.0 Å². The van der Waals surface area contributed by atoms with Gasteiger partial charge in [-0.05, 0) is 19.8 Å². The van der Waals surface area contributed by atoms with E-state index >= 15 is 0 Å². The van der Waals surface area contributed by atoms with Gasteiger partial charge in [0.05, 0.1) is 32.5 Å². The van der Waals surface area contributed by atoms with Gasteiger partial charge in [0.1, 0.15) is 6.10 Å². The third-order valence-corrected chi connectivity index (χ3v) is 5.20. The van der Waals surface area contributed by atoms with Gasteiger partial charge in [0.15, 0.2) is 5.96 Å². The molecule has 0 aliphatic carbocycles. The lowest BCUT2D eigenvalue weighted by Gasteiger charge is -2.35. The van der Waals surface area contributed by atoms with Crippen LogP contribution in [-0.4, -0.2) is 65.1 Å². The highest BCUT2D eigenvalue weighted by molar-refractivity contribution is 14.0. The maximum atomic E-state index is 9.79. The van der Waals surface area contributed by atoms with E-state index in [0.29, 0.717) is 13.2 Å². The van der Waals surface area contributed by atoms with Crippen molar-refractivity contribution in [2.24, 2.45) is 17.5 Å². The highest BCUT2D eigenvalue weighted by atomic mass is 127. The number of ether oxygens (including phenoxy) is 1. The molecular formula is C18H34IN5O2. The van der Waals surface area contributed by atoms with Crippen LogP contribution in [-0.2, 0) is 11.8 Å². The number of guanidine groups is 1. The average Bonchev–Trinajstić information content (AvgIpc) is 3.09. The van der Waals surface area contributed by atoms with Gasteiger partial charge < -0.3 is 20.1 Å². The molecule has 0 amide bonds. The number of aliphatic imine (C=N–C) groups is 1. The SMILES string of the molecule is CCNC(=NCC(CC)(CC)CO)N1CCOC(c2cnn(C)c2)C1.I. The van der Waals surface area contributed by atoms with Crippen molar-refractivity contribution in [2.45, 2.75) is 39.7 Å². The Bertz CT molecular complexity index is 551. The quantitative estimate of drug-likeness (QED) is 0.356. The fourth-order valence-electron chi connectivity index (χ4n) is 3.07. The van der Waals surface area contributed by atoms with E-state index in [1.54, 1.807) is 4.68 Å². The summed E-state index contributed by atoms with van der Waals surface area (Å²) in [5, 5.41) is 17.4. The predicted octanol–water partition coefficient (Wildman–Crippen LogP) is 2.18. The van der Waals surface area contributed by atoms with Gasteiger partial charge in [-0.25, -0.2) is 0 Å². The van der Waals surface area contributed by atoms with Gasteiger partial charge in [0, 0.05) is 37.3 Å². The van der Waals surface area contributed by atoms with Crippen LogP contribution in [0.4, 0.5) is 0 Å². The second kappa shape index (κ2) is 11.1. The second-order valence-corrected chi connectivity index (χ2v) is 6.79. The van der Waals surface area contributed by atoms with Gasteiger partial charge in [-0.15, -0.1) is 24.0 Å². The second-order valence-electron chi connectivity index (χ2n) is 6.79. The zero-order chi connectivity index (χ0) is 18.3. The molecule has 1 aromatic rings. The molecule has 0 spiro atoms. The molecule has 2 heterocycles. The van der Waals surface area contributed by atoms with Crippen LogP contribution in [0.3, 0.4) is 0 Å².